The lowest BCUT2D eigenvalue weighted by Gasteiger charge is -2.15. The zero-order valence-corrected chi connectivity index (χ0v) is 13.4. The topological polar surface area (TPSA) is 21.3 Å². The maximum Gasteiger partial charge on any atom is 0.124 e. The second kappa shape index (κ2) is 7.16. The first-order chi connectivity index (χ1) is 10.1. The Morgan fingerprint density at radius 2 is 1.76 bits per heavy atom. The molecule has 2 heteroatoms. The van der Waals surface area contributed by atoms with Crippen molar-refractivity contribution in [2.75, 3.05) is 11.9 Å². The lowest BCUT2D eigenvalue weighted by Crippen LogP contribution is -2.08. The molecule has 2 aromatic carbocycles. The third kappa shape index (κ3) is 4.25. The van der Waals surface area contributed by atoms with E-state index >= 15 is 0 Å². The minimum atomic E-state index is 0.532. The molecule has 0 aliphatic rings. The van der Waals surface area contributed by atoms with E-state index in [9.17, 15) is 0 Å². The molecule has 0 bridgehead atoms. The maximum absolute atomic E-state index is 5.90. The van der Waals surface area contributed by atoms with Gasteiger partial charge in [-0.15, -0.1) is 0 Å². The third-order valence-corrected chi connectivity index (χ3v) is 3.62. The van der Waals surface area contributed by atoms with E-state index in [-0.39, 0.29) is 0 Å². The van der Waals surface area contributed by atoms with Gasteiger partial charge >= 0.3 is 0 Å². The summed E-state index contributed by atoms with van der Waals surface area (Å²) in [6.07, 6.45) is 0. The Morgan fingerprint density at radius 3 is 2.52 bits per heavy atom. The van der Waals surface area contributed by atoms with Gasteiger partial charge in [-0.2, -0.15) is 0 Å². The first-order valence-electron chi connectivity index (χ1n) is 7.58. The molecule has 0 spiro atoms. The Hall–Kier alpha value is -1.96. The first kappa shape index (κ1) is 15.4. The van der Waals surface area contributed by atoms with E-state index in [1.165, 1.54) is 22.4 Å². The van der Waals surface area contributed by atoms with Crippen LogP contribution in [0.4, 0.5) is 5.69 Å². The molecule has 0 radical (unpaired) electrons. The summed E-state index contributed by atoms with van der Waals surface area (Å²) < 4.78 is 5.90. The monoisotopic (exact) mass is 283 g/mol. The zero-order valence-electron chi connectivity index (χ0n) is 13.4. The summed E-state index contributed by atoms with van der Waals surface area (Å²) in [5.74, 6) is 1.51. The van der Waals surface area contributed by atoms with Crippen LogP contribution < -0.4 is 10.1 Å². The van der Waals surface area contributed by atoms with Gasteiger partial charge in [0.2, 0.25) is 0 Å². The Bertz CT molecular complexity index is 590. The Morgan fingerprint density at radius 1 is 1.00 bits per heavy atom. The fraction of sp³-hybridized carbons (Fsp3) is 0.368. The molecule has 0 amide bonds. The Kier molecular flexibility index (Phi) is 5.26. The lowest BCUT2D eigenvalue weighted by atomic mass is 10.1. The van der Waals surface area contributed by atoms with Gasteiger partial charge in [0.15, 0.2) is 0 Å². The van der Waals surface area contributed by atoms with Crippen molar-refractivity contribution >= 4 is 5.69 Å². The van der Waals surface area contributed by atoms with E-state index in [4.69, 9.17) is 4.74 Å². The zero-order chi connectivity index (χ0) is 15.2. The fourth-order valence-electron chi connectivity index (χ4n) is 2.18. The molecule has 0 aliphatic heterocycles. The second-order valence-electron chi connectivity index (χ2n) is 5.91. The smallest absolute Gasteiger partial charge is 0.124 e. The van der Waals surface area contributed by atoms with E-state index < -0.39 is 0 Å². The van der Waals surface area contributed by atoms with E-state index in [1.807, 2.05) is 12.1 Å². The number of rotatable bonds is 6. The summed E-state index contributed by atoms with van der Waals surface area (Å²) in [5, 5.41) is 3.52. The van der Waals surface area contributed by atoms with Crippen LogP contribution in [-0.4, -0.2) is 6.61 Å². The molecule has 0 atom stereocenters. The van der Waals surface area contributed by atoms with E-state index in [0.29, 0.717) is 5.92 Å². The average Bonchev–Trinajstić information content (AvgIpc) is 2.47. The predicted octanol–water partition coefficient (Wildman–Crippen LogP) is 4.95. The van der Waals surface area contributed by atoms with Crippen molar-refractivity contribution in [1.82, 2.24) is 0 Å². The number of nitrogens with one attached hydrogen (secondary N) is 1. The highest BCUT2D eigenvalue weighted by molar-refractivity contribution is 5.54. The highest BCUT2D eigenvalue weighted by Gasteiger charge is 2.05. The molecule has 0 fully saturated rings. The summed E-state index contributed by atoms with van der Waals surface area (Å²) in [6, 6.07) is 14.6. The van der Waals surface area contributed by atoms with Gasteiger partial charge in [0.25, 0.3) is 0 Å². The van der Waals surface area contributed by atoms with Crippen LogP contribution in [0.3, 0.4) is 0 Å². The summed E-state index contributed by atoms with van der Waals surface area (Å²) >= 11 is 0. The van der Waals surface area contributed by atoms with Crippen LogP contribution in [0, 0.1) is 19.8 Å². The van der Waals surface area contributed by atoms with Gasteiger partial charge in [-0.25, -0.2) is 0 Å². The number of hydrogen-bond donors (Lipinski definition) is 1. The molecule has 0 aliphatic carbocycles. The van der Waals surface area contributed by atoms with Gasteiger partial charge in [0, 0.05) is 17.8 Å². The number of ether oxygens (including phenoxy) is 1. The van der Waals surface area contributed by atoms with Gasteiger partial charge in [-0.05, 0) is 43.0 Å². The van der Waals surface area contributed by atoms with Crippen LogP contribution in [0.1, 0.15) is 30.5 Å². The molecule has 112 valence electrons. The molecular weight excluding hydrogens is 258 g/mol. The molecule has 2 aromatic rings. The normalized spacial score (nSPS) is 10.7. The van der Waals surface area contributed by atoms with E-state index in [1.54, 1.807) is 0 Å². The highest BCUT2D eigenvalue weighted by Crippen LogP contribution is 2.22. The van der Waals surface area contributed by atoms with Crippen LogP contribution in [0.2, 0.25) is 0 Å². The van der Waals surface area contributed by atoms with Crippen molar-refractivity contribution in [3.05, 3.63) is 59.2 Å². The van der Waals surface area contributed by atoms with Crippen molar-refractivity contribution in [2.45, 2.75) is 34.2 Å². The van der Waals surface area contributed by atoms with Crippen molar-refractivity contribution in [2.24, 2.45) is 5.92 Å². The number of para-hydroxylation sites is 1. The van der Waals surface area contributed by atoms with E-state index in [2.05, 4.69) is 63.3 Å². The maximum atomic E-state index is 5.90. The van der Waals surface area contributed by atoms with Crippen LogP contribution >= 0.6 is 0 Å². The van der Waals surface area contributed by atoms with Gasteiger partial charge in [-0.3, -0.25) is 0 Å². The number of aryl methyl sites for hydroxylation is 1. The van der Waals surface area contributed by atoms with Crippen LogP contribution in [0.5, 0.6) is 5.75 Å². The Balaban J connectivity index is 2.07. The summed E-state index contributed by atoms with van der Waals surface area (Å²) in [5.41, 5.74) is 5.00. The van der Waals surface area contributed by atoms with Gasteiger partial charge in [-0.1, -0.05) is 44.2 Å². The van der Waals surface area contributed by atoms with Gasteiger partial charge < -0.3 is 10.1 Å². The van der Waals surface area contributed by atoms with Crippen molar-refractivity contribution in [1.29, 1.82) is 0 Å². The molecule has 0 aromatic heterocycles. The quantitative estimate of drug-likeness (QED) is 0.810. The first-order valence-corrected chi connectivity index (χ1v) is 7.58. The van der Waals surface area contributed by atoms with Crippen LogP contribution in [0.15, 0.2) is 42.5 Å². The number of hydrogen-bond acceptors (Lipinski definition) is 2. The molecule has 2 nitrogen and oxygen atoms in total. The summed E-state index contributed by atoms with van der Waals surface area (Å²) in [4.78, 5) is 0. The largest absolute Gasteiger partial charge is 0.493 e. The molecule has 1 N–H and O–H groups in total. The molecule has 2 rings (SSSR count). The predicted molar refractivity (Wildman–Crippen MR) is 90.0 cm³/mol. The third-order valence-electron chi connectivity index (χ3n) is 3.62. The minimum absolute atomic E-state index is 0.532. The van der Waals surface area contributed by atoms with Gasteiger partial charge in [0.05, 0.1) is 6.61 Å². The van der Waals surface area contributed by atoms with Crippen molar-refractivity contribution < 1.29 is 4.74 Å². The Labute approximate surface area is 128 Å². The SMILES string of the molecule is Cc1cccc(NCc2ccccc2OCC(C)C)c1C. The minimum Gasteiger partial charge on any atom is -0.493 e. The highest BCUT2D eigenvalue weighted by atomic mass is 16.5. The molecular formula is C19H25NO. The van der Waals surface area contributed by atoms with Crippen molar-refractivity contribution in [3.63, 3.8) is 0 Å². The van der Waals surface area contributed by atoms with E-state index in [0.717, 1.165) is 18.9 Å². The van der Waals surface area contributed by atoms with Crippen LogP contribution in [-0.2, 0) is 6.54 Å². The molecule has 0 saturated heterocycles. The van der Waals surface area contributed by atoms with Crippen molar-refractivity contribution in [3.8, 4) is 5.75 Å². The fourth-order valence-corrected chi connectivity index (χ4v) is 2.18. The van der Waals surface area contributed by atoms with Gasteiger partial charge in [0.1, 0.15) is 5.75 Å². The standard InChI is InChI=1S/C19H25NO/c1-14(2)13-21-19-11-6-5-9-17(19)12-20-18-10-7-8-15(3)16(18)4/h5-11,14,20H,12-13H2,1-4H3. The number of anilines is 1. The summed E-state index contributed by atoms with van der Waals surface area (Å²) in [7, 11) is 0. The van der Waals surface area contributed by atoms with Crippen LogP contribution in [0.25, 0.3) is 0 Å². The molecule has 0 heterocycles. The molecule has 21 heavy (non-hydrogen) atoms. The summed E-state index contributed by atoms with van der Waals surface area (Å²) in [6.45, 7) is 10.1. The molecule has 0 unspecified atom stereocenters. The average molecular weight is 283 g/mol. The lowest BCUT2D eigenvalue weighted by molar-refractivity contribution is 0.269. The number of benzene rings is 2. The second-order valence-corrected chi connectivity index (χ2v) is 5.91. The molecule has 0 saturated carbocycles.